The molecule has 1 aromatic carbocycles. The second kappa shape index (κ2) is 5.73. The number of hydrogen-bond acceptors (Lipinski definition) is 4. The molecule has 0 saturated heterocycles. The fraction of sp³-hybridized carbons (Fsp3) is 0.357. The van der Waals surface area contributed by atoms with Crippen LogP contribution in [0, 0.1) is 5.92 Å². The van der Waals surface area contributed by atoms with E-state index in [4.69, 9.17) is 10.5 Å². The standard InChI is InChI=1S/C14H17N3O3/c1-9(2)11-12(18)16-13(15)17(11)14(19)20-8-10-6-4-3-5-7-10/h3-7,9,11H,8H2,1-2H3,(H2,15,16,18)/t11-/m0/s1. The van der Waals surface area contributed by atoms with Crippen molar-refractivity contribution in [2.75, 3.05) is 0 Å². The number of guanidine groups is 1. The molecule has 6 nitrogen and oxygen atoms in total. The SMILES string of the molecule is CC(C)[C@H]1C(=O)N=C(N)N1C(=O)OCc1ccccc1. The van der Waals surface area contributed by atoms with Gasteiger partial charge in [0.25, 0.3) is 5.91 Å². The van der Waals surface area contributed by atoms with Gasteiger partial charge in [-0.2, -0.15) is 4.99 Å². The average molecular weight is 275 g/mol. The molecule has 0 aromatic heterocycles. The van der Waals surface area contributed by atoms with Crippen molar-refractivity contribution in [3.05, 3.63) is 35.9 Å². The summed E-state index contributed by atoms with van der Waals surface area (Å²) in [5.74, 6) is -0.600. The molecule has 1 atom stereocenters. The first-order valence-corrected chi connectivity index (χ1v) is 6.38. The van der Waals surface area contributed by atoms with Crippen molar-refractivity contribution >= 4 is 18.0 Å². The van der Waals surface area contributed by atoms with Crippen molar-refractivity contribution in [1.29, 1.82) is 0 Å². The number of ether oxygens (including phenoxy) is 1. The molecule has 0 radical (unpaired) electrons. The topological polar surface area (TPSA) is 85.0 Å². The average Bonchev–Trinajstić information content (AvgIpc) is 2.72. The quantitative estimate of drug-likeness (QED) is 0.906. The maximum atomic E-state index is 12.1. The Kier molecular flexibility index (Phi) is 4.02. The van der Waals surface area contributed by atoms with Crippen LogP contribution in [0.15, 0.2) is 35.3 Å². The van der Waals surface area contributed by atoms with E-state index in [1.807, 2.05) is 44.2 Å². The lowest BCUT2D eigenvalue weighted by atomic mass is 10.0. The van der Waals surface area contributed by atoms with Gasteiger partial charge in [0.05, 0.1) is 0 Å². The lowest BCUT2D eigenvalue weighted by Gasteiger charge is -2.24. The van der Waals surface area contributed by atoms with Gasteiger partial charge in [0.15, 0.2) is 0 Å². The van der Waals surface area contributed by atoms with Crippen molar-refractivity contribution < 1.29 is 14.3 Å². The van der Waals surface area contributed by atoms with Gasteiger partial charge in [-0.3, -0.25) is 4.79 Å². The molecular weight excluding hydrogens is 258 g/mol. The normalized spacial score (nSPS) is 18.4. The number of nitrogens with zero attached hydrogens (tertiary/aromatic N) is 2. The summed E-state index contributed by atoms with van der Waals surface area (Å²) in [6.07, 6.45) is -0.653. The largest absolute Gasteiger partial charge is 0.444 e. The van der Waals surface area contributed by atoms with Crippen LogP contribution in [-0.2, 0) is 16.1 Å². The van der Waals surface area contributed by atoms with E-state index in [9.17, 15) is 9.59 Å². The molecule has 0 spiro atoms. The summed E-state index contributed by atoms with van der Waals surface area (Å²) in [6, 6.07) is 8.60. The predicted molar refractivity (Wildman–Crippen MR) is 73.7 cm³/mol. The number of carbonyl (C=O) groups is 2. The number of amides is 2. The summed E-state index contributed by atoms with van der Waals surface area (Å²) in [5, 5.41) is 0. The number of rotatable bonds is 3. The molecule has 0 unspecified atom stereocenters. The van der Waals surface area contributed by atoms with Crippen LogP contribution in [0.2, 0.25) is 0 Å². The first-order valence-electron chi connectivity index (χ1n) is 6.38. The first kappa shape index (κ1) is 14.0. The summed E-state index contributed by atoms with van der Waals surface area (Å²) >= 11 is 0. The fourth-order valence-corrected chi connectivity index (χ4v) is 2.07. The molecule has 0 aliphatic carbocycles. The summed E-state index contributed by atoms with van der Waals surface area (Å²) in [4.78, 5) is 28.5. The molecule has 1 aliphatic rings. The van der Waals surface area contributed by atoms with Gasteiger partial charge in [-0.25, -0.2) is 9.69 Å². The molecule has 106 valence electrons. The van der Waals surface area contributed by atoms with E-state index in [0.29, 0.717) is 0 Å². The monoisotopic (exact) mass is 275 g/mol. The van der Waals surface area contributed by atoms with Crippen LogP contribution >= 0.6 is 0 Å². The number of aliphatic imine (C=N–C) groups is 1. The second-order valence-electron chi connectivity index (χ2n) is 4.91. The second-order valence-corrected chi connectivity index (χ2v) is 4.91. The minimum Gasteiger partial charge on any atom is -0.444 e. The Morgan fingerprint density at radius 1 is 1.40 bits per heavy atom. The molecule has 0 fully saturated rings. The zero-order valence-electron chi connectivity index (χ0n) is 11.4. The Bertz CT molecular complexity index is 540. The highest BCUT2D eigenvalue weighted by atomic mass is 16.6. The van der Waals surface area contributed by atoms with E-state index in [-0.39, 0.29) is 18.5 Å². The van der Waals surface area contributed by atoms with Crippen molar-refractivity contribution in [2.24, 2.45) is 16.6 Å². The molecule has 1 aromatic rings. The molecule has 20 heavy (non-hydrogen) atoms. The van der Waals surface area contributed by atoms with E-state index in [0.717, 1.165) is 10.5 Å². The van der Waals surface area contributed by atoms with Crippen LogP contribution in [0.3, 0.4) is 0 Å². The van der Waals surface area contributed by atoms with E-state index < -0.39 is 18.0 Å². The third-order valence-corrected chi connectivity index (χ3v) is 3.04. The lowest BCUT2D eigenvalue weighted by Crippen LogP contribution is -2.48. The molecule has 1 aliphatic heterocycles. The molecule has 2 N–H and O–H groups in total. The van der Waals surface area contributed by atoms with Gasteiger partial charge in [-0.05, 0) is 11.5 Å². The molecular formula is C14H17N3O3. The van der Waals surface area contributed by atoms with Gasteiger partial charge in [0, 0.05) is 0 Å². The Hall–Kier alpha value is -2.37. The van der Waals surface area contributed by atoms with Crippen molar-refractivity contribution in [1.82, 2.24) is 4.90 Å². The number of nitrogens with two attached hydrogens (primary N) is 1. The highest BCUT2D eigenvalue weighted by Crippen LogP contribution is 2.19. The highest BCUT2D eigenvalue weighted by Gasteiger charge is 2.41. The van der Waals surface area contributed by atoms with Gasteiger partial charge in [-0.15, -0.1) is 0 Å². The van der Waals surface area contributed by atoms with Crippen LogP contribution < -0.4 is 5.73 Å². The Balaban J connectivity index is 2.04. The van der Waals surface area contributed by atoms with E-state index in [1.165, 1.54) is 0 Å². The fourth-order valence-electron chi connectivity index (χ4n) is 2.07. The minimum atomic E-state index is -0.682. The lowest BCUT2D eigenvalue weighted by molar-refractivity contribution is -0.121. The molecule has 0 bridgehead atoms. The third kappa shape index (κ3) is 2.79. The smallest absolute Gasteiger partial charge is 0.417 e. The Morgan fingerprint density at radius 2 is 2.05 bits per heavy atom. The van der Waals surface area contributed by atoms with Crippen molar-refractivity contribution in [2.45, 2.75) is 26.5 Å². The van der Waals surface area contributed by atoms with Gasteiger partial charge in [-0.1, -0.05) is 44.2 Å². The molecule has 6 heteroatoms. The zero-order valence-corrected chi connectivity index (χ0v) is 11.4. The maximum absolute atomic E-state index is 12.1. The van der Waals surface area contributed by atoms with Crippen LogP contribution in [0.25, 0.3) is 0 Å². The van der Waals surface area contributed by atoms with Gasteiger partial charge >= 0.3 is 6.09 Å². The van der Waals surface area contributed by atoms with E-state index in [1.54, 1.807) is 0 Å². The molecule has 0 saturated carbocycles. The number of benzene rings is 1. The van der Waals surface area contributed by atoms with E-state index >= 15 is 0 Å². The minimum absolute atomic E-state index is 0.0865. The van der Waals surface area contributed by atoms with Crippen LogP contribution in [0.1, 0.15) is 19.4 Å². The van der Waals surface area contributed by atoms with Crippen LogP contribution in [0.5, 0.6) is 0 Å². The van der Waals surface area contributed by atoms with Crippen molar-refractivity contribution in [3.63, 3.8) is 0 Å². The van der Waals surface area contributed by atoms with Gasteiger partial charge in [0.2, 0.25) is 5.96 Å². The number of carbonyl (C=O) groups excluding carboxylic acids is 2. The maximum Gasteiger partial charge on any atom is 0.417 e. The van der Waals surface area contributed by atoms with Crippen molar-refractivity contribution in [3.8, 4) is 0 Å². The summed E-state index contributed by atoms with van der Waals surface area (Å²) in [7, 11) is 0. The van der Waals surface area contributed by atoms with Crippen LogP contribution in [-0.4, -0.2) is 28.9 Å². The first-order chi connectivity index (χ1) is 9.50. The van der Waals surface area contributed by atoms with Gasteiger partial charge in [0.1, 0.15) is 12.6 Å². The Morgan fingerprint density at radius 3 is 2.65 bits per heavy atom. The zero-order chi connectivity index (χ0) is 14.7. The third-order valence-electron chi connectivity index (χ3n) is 3.04. The van der Waals surface area contributed by atoms with Crippen LogP contribution in [0.4, 0.5) is 4.79 Å². The molecule has 1 heterocycles. The predicted octanol–water partition coefficient (Wildman–Crippen LogP) is 1.50. The summed E-state index contributed by atoms with van der Waals surface area (Å²) < 4.78 is 5.19. The van der Waals surface area contributed by atoms with Gasteiger partial charge < -0.3 is 10.5 Å². The Labute approximate surface area is 117 Å². The summed E-state index contributed by atoms with van der Waals surface area (Å²) in [6.45, 7) is 3.78. The number of hydrogen-bond donors (Lipinski definition) is 1. The van der Waals surface area contributed by atoms with E-state index in [2.05, 4.69) is 4.99 Å². The summed E-state index contributed by atoms with van der Waals surface area (Å²) in [5.41, 5.74) is 6.49. The molecule has 2 rings (SSSR count). The highest BCUT2D eigenvalue weighted by molar-refractivity contribution is 6.09. The molecule has 2 amide bonds.